The molecule has 0 bridgehead atoms. The zero-order chi connectivity index (χ0) is 22.1. The molecule has 0 aliphatic heterocycles. The molecule has 0 spiro atoms. The zero-order valence-corrected chi connectivity index (χ0v) is 17.4. The fourth-order valence-electron chi connectivity index (χ4n) is 3.88. The van der Waals surface area contributed by atoms with Crippen molar-refractivity contribution in [3.63, 3.8) is 0 Å². The molecule has 5 rings (SSSR count). The van der Waals surface area contributed by atoms with Gasteiger partial charge in [-0.25, -0.2) is 18.3 Å². The van der Waals surface area contributed by atoms with Gasteiger partial charge in [0.2, 0.25) is 0 Å². The molecule has 7 heteroatoms. The highest BCUT2D eigenvalue weighted by Gasteiger charge is 2.30. The van der Waals surface area contributed by atoms with Crippen molar-refractivity contribution in [3.05, 3.63) is 101 Å². The Balaban J connectivity index is 1.55. The highest BCUT2D eigenvalue weighted by Crippen LogP contribution is 2.40. The third-order valence-corrected chi connectivity index (χ3v) is 5.69. The van der Waals surface area contributed by atoms with Crippen LogP contribution in [0.15, 0.2) is 72.9 Å². The Morgan fingerprint density at radius 1 is 1.00 bits per heavy atom. The lowest BCUT2D eigenvalue weighted by atomic mass is 10.1. The summed E-state index contributed by atoms with van der Waals surface area (Å²) in [5.74, 6) is -0.103. The van der Waals surface area contributed by atoms with E-state index in [-0.39, 0.29) is 28.7 Å². The van der Waals surface area contributed by atoms with E-state index in [4.69, 9.17) is 0 Å². The minimum Gasteiger partial charge on any atom is -0.330 e. The van der Waals surface area contributed by atoms with Crippen LogP contribution in [0.4, 0.5) is 8.78 Å². The molecule has 5 nitrogen and oxygen atoms in total. The van der Waals surface area contributed by atoms with E-state index in [2.05, 4.69) is 10.1 Å². The number of aromatic nitrogens is 3. The minimum atomic E-state index is -2.70. The first-order chi connectivity index (χ1) is 15.6. The first kappa shape index (κ1) is 20.3. The van der Waals surface area contributed by atoms with Crippen molar-refractivity contribution in [2.24, 2.45) is 0 Å². The standard InChI is InChI=1S/C25H22F2N4O/c26-23(27)22-13-21(19-11-12-19)29-24-20(14-28-31(22)24)25(32)30(15-17-7-3-1-4-8-17)16-18-9-5-2-6-10-18/h1-10,13-14,19,23H,11-12,15-16H2. The molecule has 162 valence electrons. The molecule has 0 atom stereocenters. The van der Waals surface area contributed by atoms with Crippen LogP contribution in [0.3, 0.4) is 0 Å². The lowest BCUT2D eigenvalue weighted by Gasteiger charge is -2.23. The Bertz CT molecular complexity index is 1200. The van der Waals surface area contributed by atoms with E-state index in [1.165, 1.54) is 12.3 Å². The summed E-state index contributed by atoms with van der Waals surface area (Å²) in [7, 11) is 0. The van der Waals surface area contributed by atoms with Crippen LogP contribution in [-0.2, 0) is 13.1 Å². The second-order valence-corrected chi connectivity index (χ2v) is 8.11. The third-order valence-electron chi connectivity index (χ3n) is 5.69. The van der Waals surface area contributed by atoms with Gasteiger partial charge in [-0.2, -0.15) is 5.10 Å². The van der Waals surface area contributed by atoms with Crippen molar-refractivity contribution in [1.82, 2.24) is 19.5 Å². The van der Waals surface area contributed by atoms with Gasteiger partial charge < -0.3 is 4.90 Å². The van der Waals surface area contributed by atoms with E-state index in [1.807, 2.05) is 60.7 Å². The van der Waals surface area contributed by atoms with E-state index in [1.54, 1.807) is 4.90 Å². The smallest absolute Gasteiger partial charge is 0.280 e. The number of carbonyl (C=O) groups is 1. The summed E-state index contributed by atoms with van der Waals surface area (Å²) in [6.07, 6.45) is 0.510. The minimum absolute atomic E-state index is 0.181. The van der Waals surface area contributed by atoms with Crippen molar-refractivity contribution in [1.29, 1.82) is 0 Å². The molecule has 1 aliphatic carbocycles. The fourth-order valence-corrected chi connectivity index (χ4v) is 3.88. The van der Waals surface area contributed by atoms with Crippen LogP contribution < -0.4 is 0 Å². The van der Waals surface area contributed by atoms with Gasteiger partial charge in [-0.1, -0.05) is 60.7 Å². The summed E-state index contributed by atoms with van der Waals surface area (Å²) in [6, 6.07) is 20.8. The van der Waals surface area contributed by atoms with E-state index < -0.39 is 6.43 Å². The summed E-state index contributed by atoms with van der Waals surface area (Å²) in [6.45, 7) is 0.770. The van der Waals surface area contributed by atoms with Gasteiger partial charge in [0.1, 0.15) is 11.3 Å². The quantitative estimate of drug-likeness (QED) is 0.394. The molecule has 2 heterocycles. The molecule has 2 aromatic carbocycles. The maximum atomic E-state index is 13.7. The maximum Gasteiger partial charge on any atom is 0.280 e. The largest absolute Gasteiger partial charge is 0.330 e. The molecule has 0 unspecified atom stereocenters. The van der Waals surface area contributed by atoms with Crippen molar-refractivity contribution >= 4 is 11.6 Å². The first-order valence-electron chi connectivity index (χ1n) is 10.6. The summed E-state index contributed by atoms with van der Waals surface area (Å²) in [4.78, 5) is 19.9. The predicted molar refractivity (Wildman–Crippen MR) is 116 cm³/mol. The Hall–Kier alpha value is -3.61. The number of benzene rings is 2. The molecule has 1 amide bonds. The number of rotatable bonds is 7. The summed E-state index contributed by atoms with van der Waals surface area (Å²) >= 11 is 0. The summed E-state index contributed by atoms with van der Waals surface area (Å²) < 4.78 is 28.5. The number of halogens is 2. The number of amides is 1. The van der Waals surface area contributed by atoms with Crippen LogP contribution in [0.2, 0.25) is 0 Å². The van der Waals surface area contributed by atoms with Crippen LogP contribution >= 0.6 is 0 Å². The Morgan fingerprint density at radius 2 is 1.59 bits per heavy atom. The molecule has 0 N–H and O–H groups in total. The van der Waals surface area contributed by atoms with Crippen LogP contribution in [0.1, 0.15) is 58.1 Å². The number of nitrogens with zero attached hydrogens (tertiary/aromatic N) is 4. The lowest BCUT2D eigenvalue weighted by molar-refractivity contribution is 0.0731. The molecule has 0 radical (unpaired) electrons. The van der Waals surface area contributed by atoms with Gasteiger partial charge in [0, 0.05) is 24.7 Å². The van der Waals surface area contributed by atoms with Gasteiger partial charge in [0.05, 0.1) is 6.20 Å². The molecule has 32 heavy (non-hydrogen) atoms. The molecule has 2 aromatic heterocycles. The van der Waals surface area contributed by atoms with Crippen LogP contribution in [-0.4, -0.2) is 25.4 Å². The van der Waals surface area contributed by atoms with E-state index in [0.717, 1.165) is 28.5 Å². The maximum absolute atomic E-state index is 13.7. The monoisotopic (exact) mass is 432 g/mol. The van der Waals surface area contributed by atoms with Gasteiger partial charge >= 0.3 is 0 Å². The van der Waals surface area contributed by atoms with Crippen molar-refractivity contribution < 1.29 is 13.6 Å². The first-order valence-corrected chi connectivity index (χ1v) is 10.6. The Labute approximate surface area is 184 Å². The Kier molecular flexibility index (Phi) is 5.39. The molecule has 1 saturated carbocycles. The van der Waals surface area contributed by atoms with Gasteiger partial charge in [0.15, 0.2) is 5.65 Å². The van der Waals surface area contributed by atoms with Crippen molar-refractivity contribution in [2.75, 3.05) is 0 Å². The number of hydrogen-bond acceptors (Lipinski definition) is 3. The average molecular weight is 432 g/mol. The van der Waals surface area contributed by atoms with Gasteiger partial charge in [-0.05, 0) is 30.0 Å². The zero-order valence-electron chi connectivity index (χ0n) is 17.4. The molecule has 1 fully saturated rings. The highest BCUT2D eigenvalue weighted by atomic mass is 19.3. The van der Waals surface area contributed by atoms with Crippen LogP contribution in [0.5, 0.6) is 0 Å². The highest BCUT2D eigenvalue weighted by molar-refractivity contribution is 5.99. The van der Waals surface area contributed by atoms with Gasteiger partial charge in [-0.15, -0.1) is 0 Å². The molecular formula is C25H22F2N4O. The predicted octanol–water partition coefficient (Wildman–Crippen LogP) is 5.39. The fraction of sp³-hybridized carbons (Fsp3) is 0.240. The van der Waals surface area contributed by atoms with E-state index >= 15 is 0 Å². The second-order valence-electron chi connectivity index (χ2n) is 8.11. The topological polar surface area (TPSA) is 50.5 Å². The SMILES string of the molecule is O=C(c1cnn2c(C(F)F)cc(C3CC3)nc12)N(Cc1ccccc1)Cc1ccccc1. The third kappa shape index (κ3) is 4.10. The van der Waals surface area contributed by atoms with Crippen LogP contribution in [0, 0.1) is 0 Å². The summed E-state index contributed by atoms with van der Waals surface area (Å²) in [5, 5.41) is 4.10. The van der Waals surface area contributed by atoms with Crippen molar-refractivity contribution in [2.45, 2.75) is 38.3 Å². The molecule has 0 saturated heterocycles. The summed E-state index contributed by atoms with van der Waals surface area (Å²) in [5.41, 5.74) is 2.78. The number of hydrogen-bond donors (Lipinski definition) is 0. The second kappa shape index (κ2) is 8.49. The molecular weight excluding hydrogens is 410 g/mol. The number of alkyl halides is 2. The lowest BCUT2D eigenvalue weighted by Crippen LogP contribution is -2.30. The van der Waals surface area contributed by atoms with Crippen LogP contribution in [0.25, 0.3) is 5.65 Å². The number of carbonyl (C=O) groups excluding carboxylic acids is 1. The number of fused-ring (bicyclic) bond motifs is 1. The van der Waals surface area contributed by atoms with E-state index in [9.17, 15) is 13.6 Å². The normalized spacial score (nSPS) is 13.6. The Morgan fingerprint density at radius 3 is 2.12 bits per heavy atom. The van der Waals surface area contributed by atoms with Crippen molar-refractivity contribution in [3.8, 4) is 0 Å². The molecule has 1 aliphatic rings. The molecule has 4 aromatic rings. The average Bonchev–Trinajstić information content (AvgIpc) is 3.58. The van der Waals surface area contributed by atoms with E-state index in [0.29, 0.717) is 18.8 Å². The van der Waals surface area contributed by atoms with Gasteiger partial charge in [-0.3, -0.25) is 4.79 Å². The van der Waals surface area contributed by atoms with Gasteiger partial charge in [0.25, 0.3) is 12.3 Å².